The van der Waals surface area contributed by atoms with Gasteiger partial charge in [-0.15, -0.1) is 11.3 Å². The number of carbonyl (C=O) groups excluding carboxylic acids is 2. The predicted octanol–water partition coefficient (Wildman–Crippen LogP) is 2.97. The summed E-state index contributed by atoms with van der Waals surface area (Å²) in [6.45, 7) is 5.27. The number of hydrogen-bond donors (Lipinski definition) is 1. The second-order valence-electron chi connectivity index (χ2n) is 5.30. The first-order valence-corrected chi connectivity index (χ1v) is 7.83. The van der Waals surface area contributed by atoms with Crippen molar-refractivity contribution in [2.24, 2.45) is 0 Å². The molecule has 3 heterocycles. The van der Waals surface area contributed by atoms with Gasteiger partial charge in [-0.2, -0.15) is 0 Å². The Morgan fingerprint density at radius 2 is 2.14 bits per heavy atom. The number of aryl methyl sites for hydroxylation is 2. The van der Waals surface area contributed by atoms with Crippen LogP contribution in [-0.2, 0) is 16.9 Å². The normalized spacial score (nSPS) is 21.5. The highest BCUT2D eigenvalue weighted by atomic mass is 35.5. The Morgan fingerprint density at radius 1 is 1.41 bits per heavy atom. The average Bonchev–Trinajstić information content (AvgIpc) is 3.07. The summed E-state index contributed by atoms with van der Waals surface area (Å²) in [5, 5.41) is 2.72. The highest BCUT2D eigenvalue weighted by molar-refractivity contribution is 7.16. The second kappa shape index (κ2) is 5.10. The minimum atomic E-state index is -1.11. The van der Waals surface area contributed by atoms with Crippen LogP contribution in [0.3, 0.4) is 0 Å². The molecule has 6 nitrogen and oxygen atoms in total. The number of carbonyl (C=O) groups is 2. The summed E-state index contributed by atoms with van der Waals surface area (Å²) in [4.78, 5) is 30.9. The summed E-state index contributed by atoms with van der Waals surface area (Å²) in [6, 6.07) is 2.98. The first-order chi connectivity index (χ1) is 10.3. The summed E-state index contributed by atoms with van der Waals surface area (Å²) in [6.07, 6.45) is 0. The first kappa shape index (κ1) is 15.1. The molecule has 1 fully saturated rings. The fraction of sp³-hybridized carbons (Fsp3) is 0.357. The molecule has 2 aromatic rings. The van der Waals surface area contributed by atoms with Gasteiger partial charge < -0.3 is 9.73 Å². The van der Waals surface area contributed by atoms with Gasteiger partial charge in [0.2, 0.25) is 5.89 Å². The summed E-state index contributed by atoms with van der Waals surface area (Å²) in [5.74, 6) is 0.673. The SMILES string of the molecule is Cc1nc(CN2C(=O)NC(C)(c3ccc(Cl)s3)C2=O)oc1C. The smallest absolute Gasteiger partial charge is 0.325 e. The molecular formula is C14H14ClN3O3S. The van der Waals surface area contributed by atoms with Crippen molar-refractivity contribution in [1.29, 1.82) is 0 Å². The van der Waals surface area contributed by atoms with Crippen molar-refractivity contribution >= 4 is 34.9 Å². The molecule has 0 saturated carbocycles. The van der Waals surface area contributed by atoms with Crippen LogP contribution in [0.1, 0.15) is 29.1 Å². The van der Waals surface area contributed by atoms with Crippen molar-refractivity contribution in [1.82, 2.24) is 15.2 Å². The Balaban J connectivity index is 1.88. The van der Waals surface area contributed by atoms with Crippen molar-refractivity contribution in [2.45, 2.75) is 32.9 Å². The maximum atomic E-state index is 12.7. The number of nitrogens with one attached hydrogen (secondary N) is 1. The van der Waals surface area contributed by atoms with E-state index in [0.29, 0.717) is 20.9 Å². The van der Waals surface area contributed by atoms with Crippen molar-refractivity contribution in [2.75, 3.05) is 0 Å². The molecule has 1 aliphatic rings. The Hall–Kier alpha value is -1.86. The van der Waals surface area contributed by atoms with E-state index in [4.69, 9.17) is 16.0 Å². The maximum Gasteiger partial charge on any atom is 0.325 e. The summed E-state index contributed by atoms with van der Waals surface area (Å²) < 4.78 is 6.01. The lowest BCUT2D eigenvalue weighted by molar-refractivity contribution is -0.131. The van der Waals surface area contributed by atoms with Crippen molar-refractivity contribution in [3.8, 4) is 0 Å². The van der Waals surface area contributed by atoms with Crippen LogP contribution in [0.15, 0.2) is 16.5 Å². The van der Waals surface area contributed by atoms with Crippen molar-refractivity contribution in [3.05, 3.63) is 38.7 Å². The van der Waals surface area contributed by atoms with Crippen LogP contribution in [0.4, 0.5) is 4.79 Å². The standard InChI is InChI=1S/C14H14ClN3O3S/c1-7-8(2)21-11(16-7)6-18-12(19)14(3,17-13(18)20)9-4-5-10(15)22-9/h4-5H,6H2,1-3H3,(H,17,20). The third-order valence-corrected chi connectivity index (χ3v) is 5.16. The van der Waals surface area contributed by atoms with Crippen LogP contribution < -0.4 is 5.32 Å². The Bertz CT molecular complexity index is 750. The van der Waals surface area contributed by atoms with E-state index < -0.39 is 11.6 Å². The van der Waals surface area contributed by atoms with E-state index in [0.717, 1.165) is 10.6 Å². The molecule has 3 rings (SSSR count). The lowest BCUT2D eigenvalue weighted by atomic mass is 10.0. The van der Waals surface area contributed by atoms with Gasteiger partial charge in [-0.05, 0) is 32.9 Å². The molecule has 0 bridgehead atoms. The summed E-state index contributed by atoms with van der Waals surface area (Å²) in [5.41, 5.74) is -0.360. The Labute approximate surface area is 136 Å². The molecule has 3 amide bonds. The molecule has 1 aliphatic heterocycles. The van der Waals surface area contributed by atoms with Crippen molar-refractivity contribution in [3.63, 3.8) is 0 Å². The number of rotatable bonds is 3. The van der Waals surface area contributed by atoms with Crippen LogP contribution in [0, 0.1) is 13.8 Å². The molecular weight excluding hydrogens is 326 g/mol. The van der Waals surface area contributed by atoms with Crippen LogP contribution >= 0.6 is 22.9 Å². The van der Waals surface area contributed by atoms with Gasteiger partial charge in [0, 0.05) is 4.88 Å². The third-order valence-electron chi connectivity index (χ3n) is 3.71. The van der Waals surface area contributed by atoms with Gasteiger partial charge in [-0.3, -0.25) is 9.69 Å². The van der Waals surface area contributed by atoms with E-state index in [1.54, 1.807) is 26.0 Å². The summed E-state index contributed by atoms with van der Waals surface area (Å²) in [7, 11) is 0. The van der Waals surface area contributed by atoms with E-state index in [1.165, 1.54) is 11.3 Å². The molecule has 1 unspecified atom stereocenters. The van der Waals surface area contributed by atoms with E-state index in [-0.39, 0.29) is 12.5 Å². The first-order valence-electron chi connectivity index (χ1n) is 6.64. The Kier molecular flexibility index (Phi) is 3.49. The number of amides is 3. The molecule has 0 aliphatic carbocycles. The lowest BCUT2D eigenvalue weighted by Gasteiger charge is -2.19. The molecule has 0 aromatic carbocycles. The minimum absolute atomic E-state index is 0.00798. The van der Waals surface area contributed by atoms with Crippen LogP contribution in [0.2, 0.25) is 4.34 Å². The molecule has 116 valence electrons. The maximum absolute atomic E-state index is 12.7. The second-order valence-corrected chi connectivity index (χ2v) is 7.01. The number of aromatic nitrogens is 1. The highest BCUT2D eigenvalue weighted by Crippen LogP contribution is 2.35. The van der Waals surface area contributed by atoms with Gasteiger partial charge in [-0.25, -0.2) is 9.78 Å². The number of halogens is 1. The summed E-state index contributed by atoms with van der Waals surface area (Å²) >= 11 is 7.20. The van der Waals surface area contributed by atoms with E-state index in [2.05, 4.69) is 10.3 Å². The van der Waals surface area contributed by atoms with E-state index in [1.807, 2.05) is 6.92 Å². The highest BCUT2D eigenvalue weighted by Gasteiger charge is 2.50. The van der Waals surface area contributed by atoms with Crippen molar-refractivity contribution < 1.29 is 14.0 Å². The quantitative estimate of drug-likeness (QED) is 0.872. The van der Waals surface area contributed by atoms with Gasteiger partial charge in [0.15, 0.2) is 5.54 Å². The lowest BCUT2D eigenvalue weighted by Crippen LogP contribution is -2.40. The Morgan fingerprint density at radius 3 is 2.68 bits per heavy atom. The fourth-order valence-corrected chi connectivity index (χ4v) is 3.47. The predicted molar refractivity (Wildman–Crippen MR) is 81.7 cm³/mol. The fourth-order valence-electron chi connectivity index (χ4n) is 2.33. The number of thiophene rings is 1. The molecule has 22 heavy (non-hydrogen) atoms. The van der Waals surface area contributed by atoms with Crippen LogP contribution in [-0.4, -0.2) is 21.8 Å². The average molecular weight is 340 g/mol. The molecule has 0 radical (unpaired) electrons. The van der Waals surface area contributed by atoms with E-state index in [9.17, 15) is 9.59 Å². The molecule has 1 N–H and O–H groups in total. The number of nitrogens with zero attached hydrogens (tertiary/aromatic N) is 2. The zero-order valence-electron chi connectivity index (χ0n) is 12.3. The molecule has 1 saturated heterocycles. The third kappa shape index (κ3) is 2.30. The van der Waals surface area contributed by atoms with Crippen LogP contribution in [0.5, 0.6) is 0 Å². The number of hydrogen-bond acceptors (Lipinski definition) is 5. The van der Waals surface area contributed by atoms with Gasteiger partial charge in [-0.1, -0.05) is 11.6 Å². The van der Waals surface area contributed by atoms with Gasteiger partial charge in [0.05, 0.1) is 10.0 Å². The topological polar surface area (TPSA) is 75.4 Å². The van der Waals surface area contributed by atoms with Gasteiger partial charge in [0.1, 0.15) is 12.3 Å². The zero-order valence-corrected chi connectivity index (χ0v) is 13.8. The minimum Gasteiger partial charge on any atom is -0.444 e. The molecule has 1 atom stereocenters. The van der Waals surface area contributed by atoms with Gasteiger partial charge in [0.25, 0.3) is 5.91 Å². The van der Waals surface area contributed by atoms with Crippen LogP contribution in [0.25, 0.3) is 0 Å². The monoisotopic (exact) mass is 339 g/mol. The number of imide groups is 1. The molecule has 0 spiro atoms. The molecule has 2 aromatic heterocycles. The van der Waals surface area contributed by atoms with E-state index >= 15 is 0 Å². The largest absolute Gasteiger partial charge is 0.444 e. The van der Waals surface area contributed by atoms with Gasteiger partial charge >= 0.3 is 6.03 Å². The number of oxazole rings is 1. The molecule has 8 heteroatoms. The number of urea groups is 1. The zero-order chi connectivity index (χ0) is 16.1.